The van der Waals surface area contributed by atoms with Gasteiger partial charge < -0.3 is 16.0 Å². The van der Waals surface area contributed by atoms with E-state index in [2.05, 4.69) is 83.7 Å². The lowest BCUT2D eigenvalue weighted by atomic mass is 10.1. The molecule has 1 aliphatic heterocycles. The summed E-state index contributed by atoms with van der Waals surface area (Å²) in [6.07, 6.45) is 4.38. The highest BCUT2D eigenvalue weighted by Gasteiger charge is 2.07. The maximum absolute atomic E-state index is 6.03. The standard InChI is InChI=1S/C20H24N4.HI/c1-15-10-16(2)12-18(11-15)23-20(21)22-14-17-6-5-7-19(13-17)24-8-3-4-9-24;/h3-7,10-13H,8-9,14H2,1-2H3,(H3,21,22,23);1H. The molecule has 1 aliphatic rings. The molecule has 0 aromatic heterocycles. The Labute approximate surface area is 166 Å². The zero-order valence-electron chi connectivity index (χ0n) is 14.7. The number of rotatable bonds is 4. The maximum atomic E-state index is 6.03. The highest BCUT2D eigenvalue weighted by atomic mass is 127. The van der Waals surface area contributed by atoms with Crippen molar-refractivity contribution in [1.29, 1.82) is 0 Å². The lowest BCUT2D eigenvalue weighted by Crippen LogP contribution is -2.22. The minimum atomic E-state index is 0. The SMILES string of the molecule is Cc1cc(C)cc(NC(N)=NCc2cccc(N3CC=CC3)c2)c1.I. The fourth-order valence-corrected chi connectivity index (χ4v) is 2.95. The molecule has 1 heterocycles. The molecule has 0 saturated heterocycles. The van der Waals surface area contributed by atoms with Crippen LogP contribution >= 0.6 is 24.0 Å². The second-order valence-corrected chi connectivity index (χ2v) is 6.25. The number of hydrogen-bond donors (Lipinski definition) is 2. The van der Waals surface area contributed by atoms with Crippen molar-refractivity contribution in [2.75, 3.05) is 23.3 Å². The van der Waals surface area contributed by atoms with Gasteiger partial charge >= 0.3 is 0 Å². The summed E-state index contributed by atoms with van der Waals surface area (Å²) in [6, 6.07) is 14.7. The minimum absolute atomic E-state index is 0. The summed E-state index contributed by atoms with van der Waals surface area (Å²) in [6.45, 7) is 6.67. The zero-order valence-corrected chi connectivity index (χ0v) is 17.0. The molecule has 0 unspecified atom stereocenters. The summed E-state index contributed by atoms with van der Waals surface area (Å²) < 4.78 is 0. The molecule has 3 rings (SSSR count). The molecule has 2 aromatic carbocycles. The van der Waals surface area contributed by atoms with Gasteiger partial charge in [-0.1, -0.05) is 30.4 Å². The first-order chi connectivity index (χ1) is 11.6. The van der Waals surface area contributed by atoms with E-state index in [1.54, 1.807) is 0 Å². The Morgan fingerprint density at radius 1 is 1.08 bits per heavy atom. The second-order valence-electron chi connectivity index (χ2n) is 6.25. The van der Waals surface area contributed by atoms with Crippen LogP contribution < -0.4 is 16.0 Å². The zero-order chi connectivity index (χ0) is 16.9. The van der Waals surface area contributed by atoms with Crippen molar-refractivity contribution in [2.45, 2.75) is 20.4 Å². The number of halogens is 1. The van der Waals surface area contributed by atoms with Gasteiger partial charge in [-0.3, -0.25) is 0 Å². The van der Waals surface area contributed by atoms with Crippen LogP contribution in [0.5, 0.6) is 0 Å². The summed E-state index contributed by atoms with van der Waals surface area (Å²) in [5.74, 6) is 0.438. The molecular weight excluding hydrogens is 423 g/mol. The Morgan fingerprint density at radius 2 is 1.76 bits per heavy atom. The van der Waals surface area contributed by atoms with E-state index in [4.69, 9.17) is 5.73 Å². The van der Waals surface area contributed by atoms with E-state index in [0.717, 1.165) is 24.3 Å². The molecule has 25 heavy (non-hydrogen) atoms. The van der Waals surface area contributed by atoms with Crippen molar-refractivity contribution in [3.8, 4) is 0 Å². The summed E-state index contributed by atoms with van der Waals surface area (Å²) in [7, 11) is 0. The minimum Gasteiger partial charge on any atom is -0.370 e. The number of nitrogens with two attached hydrogens (primary N) is 1. The summed E-state index contributed by atoms with van der Waals surface area (Å²) >= 11 is 0. The van der Waals surface area contributed by atoms with E-state index in [1.807, 2.05) is 0 Å². The van der Waals surface area contributed by atoms with E-state index >= 15 is 0 Å². The predicted octanol–water partition coefficient (Wildman–Crippen LogP) is 4.22. The van der Waals surface area contributed by atoms with E-state index < -0.39 is 0 Å². The van der Waals surface area contributed by atoms with Gasteiger partial charge in [-0.25, -0.2) is 4.99 Å². The lowest BCUT2D eigenvalue weighted by Gasteiger charge is -2.18. The number of anilines is 2. The molecule has 0 aliphatic carbocycles. The molecule has 0 saturated carbocycles. The second kappa shape index (κ2) is 8.89. The highest BCUT2D eigenvalue weighted by molar-refractivity contribution is 14.0. The Kier molecular flexibility index (Phi) is 6.87. The number of benzene rings is 2. The molecule has 132 valence electrons. The Hall–Kier alpha value is -2.02. The number of hydrogen-bond acceptors (Lipinski definition) is 2. The number of nitrogens with zero attached hydrogens (tertiary/aromatic N) is 2. The van der Waals surface area contributed by atoms with Crippen molar-refractivity contribution < 1.29 is 0 Å². The normalized spacial score (nSPS) is 13.7. The summed E-state index contributed by atoms with van der Waals surface area (Å²) in [5.41, 5.74) is 11.8. The van der Waals surface area contributed by atoms with Gasteiger partial charge in [-0.2, -0.15) is 0 Å². The van der Waals surface area contributed by atoms with Crippen LogP contribution in [0.15, 0.2) is 59.6 Å². The van der Waals surface area contributed by atoms with Crippen LogP contribution in [0.4, 0.5) is 11.4 Å². The quantitative estimate of drug-likeness (QED) is 0.319. The lowest BCUT2D eigenvalue weighted by molar-refractivity contribution is 0.993. The average Bonchev–Trinajstić information content (AvgIpc) is 3.07. The number of nitrogens with one attached hydrogen (secondary N) is 1. The van der Waals surface area contributed by atoms with E-state index in [1.165, 1.54) is 16.8 Å². The van der Waals surface area contributed by atoms with Crippen molar-refractivity contribution in [1.82, 2.24) is 0 Å². The van der Waals surface area contributed by atoms with Crippen LogP contribution in [0.25, 0.3) is 0 Å². The topological polar surface area (TPSA) is 53.6 Å². The Bertz CT molecular complexity index is 755. The van der Waals surface area contributed by atoms with Crippen LogP contribution in [0.1, 0.15) is 16.7 Å². The van der Waals surface area contributed by atoms with Crippen LogP contribution in [-0.4, -0.2) is 19.0 Å². The van der Waals surface area contributed by atoms with Crippen molar-refractivity contribution >= 4 is 41.3 Å². The van der Waals surface area contributed by atoms with Crippen LogP contribution in [0.2, 0.25) is 0 Å². The maximum Gasteiger partial charge on any atom is 0.193 e. The molecule has 3 N–H and O–H groups in total. The first-order valence-corrected chi connectivity index (χ1v) is 8.24. The molecule has 0 fully saturated rings. The number of guanidine groups is 1. The largest absolute Gasteiger partial charge is 0.370 e. The fraction of sp³-hybridized carbons (Fsp3) is 0.250. The van der Waals surface area contributed by atoms with E-state index in [9.17, 15) is 0 Å². The van der Waals surface area contributed by atoms with Gasteiger partial charge in [-0.05, 0) is 54.8 Å². The predicted molar refractivity (Wildman–Crippen MR) is 118 cm³/mol. The van der Waals surface area contributed by atoms with Gasteiger partial charge in [0, 0.05) is 24.5 Å². The third-order valence-electron chi connectivity index (χ3n) is 4.02. The summed E-state index contributed by atoms with van der Waals surface area (Å²) in [4.78, 5) is 6.79. The van der Waals surface area contributed by atoms with Crippen LogP contribution in [-0.2, 0) is 6.54 Å². The van der Waals surface area contributed by atoms with Crippen molar-refractivity contribution in [3.63, 3.8) is 0 Å². The monoisotopic (exact) mass is 448 g/mol. The van der Waals surface area contributed by atoms with E-state index in [-0.39, 0.29) is 24.0 Å². The van der Waals surface area contributed by atoms with Crippen LogP contribution in [0, 0.1) is 13.8 Å². The Balaban J connectivity index is 0.00000225. The molecule has 0 radical (unpaired) electrons. The van der Waals surface area contributed by atoms with Gasteiger partial charge in [0.25, 0.3) is 0 Å². The number of aryl methyl sites for hydroxylation is 2. The first-order valence-electron chi connectivity index (χ1n) is 8.24. The molecular formula is C20H25IN4. The van der Waals surface area contributed by atoms with E-state index in [0.29, 0.717) is 12.5 Å². The van der Waals surface area contributed by atoms with Gasteiger partial charge in [0.15, 0.2) is 5.96 Å². The van der Waals surface area contributed by atoms with Gasteiger partial charge in [0.1, 0.15) is 0 Å². The Morgan fingerprint density at radius 3 is 2.44 bits per heavy atom. The fourth-order valence-electron chi connectivity index (χ4n) is 2.95. The third kappa shape index (κ3) is 5.49. The average molecular weight is 448 g/mol. The first kappa shape index (κ1) is 19.3. The highest BCUT2D eigenvalue weighted by Crippen LogP contribution is 2.19. The molecule has 5 heteroatoms. The molecule has 0 atom stereocenters. The van der Waals surface area contributed by atoms with Gasteiger partial charge in [-0.15, -0.1) is 24.0 Å². The molecule has 0 amide bonds. The van der Waals surface area contributed by atoms with Crippen LogP contribution in [0.3, 0.4) is 0 Å². The smallest absolute Gasteiger partial charge is 0.193 e. The molecule has 4 nitrogen and oxygen atoms in total. The van der Waals surface area contributed by atoms with Crippen molar-refractivity contribution in [2.24, 2.45) is 10.7 Å². The van der Waals surface area contributed by atoms with Crippen molar-refractivity contribution in [3.05, 3.63) is 71.3 Å². The molecule has 0 spiro atoms. The molecule has 2 aromatic rings. The molecule has 0 bridgehead atoms. The third-order valence-corrected chi connectivity index (χ3v) is 4.02. The number of aliphatic imine (C=N–C) groups is 1. The van der Waals surface area contributed by atoms with Gasteiger partial charge in [0.2, 0.25) is 0 Å². The summed E-state index contributed by atoms with van der Waals surface area (Å²) in [5, 5.41) is 3.17. The van der Waals surface area contributed by atoms with Gasteiger partial charge in [0.05, 0.1) is 6.54 Å².